The van der Waals surface area contributed by atoms with Gasteiger partial charge in [0.05, 0.1) is 13.2 Å². The Kier molecular flexibility index (Phi) is 3.46. The molecule has 0 N–H and O–H groups in total. The van der Waals surface area contributed by atoms with Crippen LogP contribution in [0.3, 0.4) is 0 Å². The smallest absolute Gasteiger partial charge is 0.205 e. The molecule has 1 aromatic rings. The molecular formula is C13H18O3. The van der Waals surface area contributed by atoms with E-state index in [0.29, 0.717) is 19.8 Å². The molecule has 0 radical (unpaired) electrons. The van der Waals surface area contributed by atoms with Gasteiger partial charge in [-0.2, -0.15) is 0 Å². The Morgan fingerprint density at radius 2 is 1.81 bits per heavy atom. The maximum atomic E-state index is 5.70. The summed E-state index contributed by atoms with van der Waals surface area (Å²) in [6, 6.07) is 9.74. The van der Waals surface area contributed by atoms with E-state index in [1.807, 2.05) is 30.3 Å². The standard InChI is InChI=1S/C13H18O3/c1-11(2)13(15-8-9-16-13)10-14-12-6-4-3-5-7-12/h3-7,11H,8-10H2,1-2H3. The molecule has 0 aliphatic carbocycles. The zero-order chi connectivity index (χ0) is 11.4. The van der Waals surface area contributed by atoms with Gasteiger partial charge < -0.3 is 14.2 Å². The summed E-state index contributed by atoms with van der Waals surface area (Å²) in [4.78, 5) is 0. The quantitative estimate of drug-likeness (QED) is 0.783. The van der Waals surface area contributed by atoms with Crippen molar-refractivity contribution in [3.8, 4) is 5.75 Å². The molecule has 1 aliphatic rings. The Bertz CT molecular complexity index is 315. The fourth-order valence-electron chi connectivity index (χ4n) is 1.75. The van der Waals surface area contributed by atoms with Crippen molar-refractivity contribution in [3.63, 3.8) is 0 Å². The topological polar surface area (TPSA) is 27.7 Å². The Labute approximate surface area is 96.3 Å². The van der Waals surface area contributed by atoms with E-state index in [0.717, 1.165) is 5.75 Å². The Balaban J connectivity index is 1.97. The second-order valence-electron chi connectivity index (χ2n) is 4.27. The van der Waals surface area contributed by atoms with Crippen LogP contribution in [0.25, 0.3) is 0 Å². The summed E-state index contributed by atoms with van der Waals surface area (Å²) in [6.45, 7) is 5.90. The third-order valence-electron chi connectivity index (χ3n) is 2.84. The highest BCUT2D eigenvalue weighted by Gasteiger charge is 2.40. The highest BCUT2D eigenvalue weighted by atomic mass is 16.8. The third kappa shape index (κ3) is 2.36. The maximum Gasteiger partial charge on any atom is 0.205 e. The van der Waals surface area contributed by atoms with Gasteiger partial charge in [0.2, 0.25) is 5.79 Å². The molecule has 1 aromatic carbocycles. The van der Waals surface area contributed by atoms with Gasteiger partial charge in [0.25, 0.3) is 0 Å². The normalized spacial score (nSPS) is 18.9. The predicted octanol–water partition coefficient (Wildman–Crippen LogP) is 2.46. The molecule has 1 fully saturated rings. The van der Waals surface area contributed by atoms with Crippen molar-refractivity contribution >= 4 is 0 Å². The van der Waals surface area contributed by atoms with Crippen molar-refractivity contribution in [3.05, 3.63) is 30.3 Å². The number of ether oxygens (including phenoxy) is 3. The van der Waals surface area contributed by atoms with Crippen LogP contribution < -0.4 is 4.74 Å². The Hall–Kier alpha value is -1.06. The van der Waals surface area contributed by atoms with E-state index in [-0.39, 0.29) is 5.92 Å². The summed E-state index contributed by atoms with van der Waals surface area (Å²) in [6.07, 6.45) is 0. The first-order valence-corrected chi connectivity index (χ1v) is 5.69. The molecule has 1 aliphatic heterocycles. The van der Waals surface area contributed by atoms with Gasteiger partial charge in [0, 0.05) is 5.92 Å². The van der Waals surface area contributed by atoms with Gasteiger partial charge in [-0.3, -0.25) is 0 Å². The van der Waals surface area contributed by atoms with Crippen LogP contribution in [-0.2, 0) is 9.47 Å². The van der Waals surface area contributed by atoms with Crippen LogP contribution in [0.15, 0.2) is 30.3 Å². The van der Waals surface area contributed by atoms with Crippen LogP contribution in [0, 0.1) is 5.92 Å². The van der Waals surface area contributed by atoms with Crippen molar-refractivity contribution < 1.29 is 14.2 Å². The first-order valence-electron chi connectivity index (χ1n) is 5.69. The van der Waals surface area contributed by atoms with E-state index in [2.05, 4.69) is 13.8 Å². The number of para-hydroxylation sites is 1. The average molecular weight is 222 g/mol. The van der Waals surface area contributed by atoms with E-state index in [9.17, 15) is 0 Å². The lowest BCUT2D eigenvalue weighted by Crippen LogP contribution is -2.42. The molecule has 0 bridgehead atoms. The number of hydrogen-bond donors (Lipinski definition) is 0. The van der Waals surface area contributed by atoms with Crippen LogP contribution in [0.5, 0.6) is 5.75 Å². The Morgan fingerprint density at radius 1 is 1.19 bits per heavy atom. The van der Waals surface area contributed by atoms with Crippen molar-refractivity contribution in [1.82, 2.24) is 0 Å². The zero-order valence-corrected chi connectivity index (χ0v) is 9.81. The Morgan fingerprint density at radius 3 is 2.38 bits per heavy atom. The van der Waals surface area contributed by atoms with Crippen molar-refractivity contribution in [1.29, 1.82) is 0 Å². The summed E-state index contributed by atoms with van der Waals surface area (Å²) < 4.78 is 17.1. The van der Waals surface area contributed by atoms with Crippen LogP contribution in [0.1, 0.15) is 13.8 Å². The van der Waals surface area contributed by atoms with Crippen molar-refractivity contribution in [2.45, 2.75) is 19.6 Å². The lowest BCUT2D eigenvalue weighted by Gasteiger charge is -2.30. The summed E-state index contributed by atoms with van der Waals surface area (Å²) >= 11 is 0. The molecule has 16 heavy (non-hydrogen) atoms. The van der Waals surface area contributed by atoms with Crippen LogP contribution in [-0.4, -0.2) is 25.6 Å². The summed E-state index contributed by atoms with van der Waals surface area (Å²) in [7, 11) is 0. The molecule has 0 spiro atoms. The van der Waals surface area contributed by atoms with Gasteiger partial charge in [-0.1, -0.05) is 32.0 Å². The first-order chi connectivity index (χ1) is 7.73. The monoisotopic (exact) mass is 222 g/mol. The summed E-state index contributed by atoms with van der Waals surface area (Å²) in [5.41, 5.74) is 0. The maximum absolute atomic E-state index is 5.70. The van der Waals surface area contributed by atoms with Gasteiger partial charge in [0.1, 0.15) is 12.4 Å². The fourth-order valence-corrected chi connectivity index (χ4v) is 1.75. The predicted molar refractivity (Wildman–Crippen MR) is 61.4 cm³/mol. The largest absolute Gasteiger partial charge is 0.488 e. The van der Waals surface area contributed by atoms with Gasteiger partial charge in [-0.25, -0.2) is 0 Å². The first kappa shape index (κ1) is 11.4. The highest BCUT2D eigenvalue weighted by molar-refractivity contribution is 5.21. The summed E-state index contributed by atoms with van der Waals surface area (Å²) in [5, 5.41) is 0. The molecule has 0 amide bonds. The number of rotatable bonds is 4. The molecule has 1 saturated heterocycles. The third-order valence-corrected chi connectivity index (χ3v) is 2.84. The lowest BCUT2D eigenvalue weighted by molar-refractivity contribution is -0.205. The van der Waals surface area contributed by atoms with E-state index in [4.69, 9.17) is 14.2 Å². The van der Waals surface area contributed by atoms with Crippen LogP contribution in [0.2, 0.25) is 0 Å². The molecular weight excluding hydrogens is 204 g/mol. The SMILES string of the molecule is CC(C)C1(COc2ccccc2)OCCO1. The second-order valence-corrected chi connectivity index (χ2v) is 4.27. The number of hydrogen-bond acceptors (Lipinski definition) is 3. The molecule has 0 aromatic heterocycles. The minimum atomic E-state index is -0.574. The minimum absolute atomic E-state index is 0.277. The van der Waals surface area contributed by atoms with Crippen molar-refractivity contribution in [2.24, 2.45) is 5.92 Å². The number of benzene rings is 1. The van der Waals surface area contributed by atoms with E-state index >= 15 is 0 Å². The van der Waals surface area contributed by atoms with Crippen molar-refractivity contribution in [2.75, 3.05) is 19.8 Å². The molecule has 2 rings (SSSR count). The van der Waals surface area contributed by atoms with Gasteiger partial charge in [-0.05, 0) is 12.1 Å². The van der Waals surface area contributed by atoms with E-state index in [1.165, 1.54) is 0 Å². The second kappa shape index (κ2) is 4.85. The van der Waals surface area contributed by atoms with E-state index in [1.54, 1.807) is 0 Å². The molecule has 0 atom stereocenters. The minimum Gasteiger partial charge on any atom is -0.488 e. The zero-order valence-electron chi connectivity index (χ0n) is 9.81. The molecule has 0 saturated carbocycles. The fraction of sp³-hybridized carbons (Fsp3) is 0.538. The molecule has 0 unspecified atom stereocenters. The molecule has 3 heteroatoms. The molecule has 1 heterocycles. The van der Waals surface area contributed by atoms with Gasteiger partial charge in [0.15, 0.2) is 0 Å². The highest BCUT2D eigenvalue weighted by Crippen LogP contribution is 2.28. The van der Waals surface area contributed by atoms with E-state index < -0.39 is 5.79 Å². The summed E-state index contributed by atoms with van der Waals surface area (Å²) in [5.74, 6) is 0.552. The average Bonchev–Trinajstić information content (AvgIpc) is 2.78. The molecule has 88 valence electrons. The van der Waals surface area contributed by atoms with Gasteiger partial charge in [-0.15, -0.1) is 0 Å². The van der Waals surface area contributed by atoms with Crippen LogP contribution >= 0.6 is 0 Å². The lowest BCUT2D eigenvalue weighted by atomic mass is 10.0. The van der Waals surface area contributed by atoms with Gasteiger partial charge >= 0.3 is 0 Å². The molecule has 3 nitrogen and oxygen atoms in total. The van der Waals surface area contributed by atoms with Crippen LogP contribution in [0.4, 0.5) is 0 Å².